The average Bonchev–Trinajstić information content (AvgIpc) is 2.87. The number of fused-ring (bicyclic) bond motifs is 1. The first-order valence-electron chi connectivity index (χ1n) is 9.93. The number of nitrogens with zero attached hydrogens (tertiary/aromatic N) is 2. The van der Waals surface area contributed by atoms with Gasteiger partial charge in [0, 0.05) is 23.3 Å². The predicted molar refractivity (Wildman–Crippen MR) is 121 cm³/mol. The highest BCUT2D eigenvalue weighted by atomic mass is 35.5. The van der Waals surface area contributed by atoms with Crippen LogP contribution in [0.4, 0.5) is 10.5 Å². The second kappa shape index (κ2) is 8.27. The number of benzene rings is 1. The number of carbonyl (C=O) groups excluding carboxylic acids is 3. The fraction of sp³-hybridized carbons (Fsp3) is 0.500. The number of anilines is 1. The minimum atomic E-state index is -0.611. The molecule has 2 amide bonds. The Morgan fingerprint density at radius 2 is 2.03 bits per heavy atom. The first-order chi connectivity index (χ1) is 13.9. The van der Waals surface area contributed by atoms with Crippen molar-refractivity contribution in [3.63, 3.8) is 0 Å². The summed E-state index contributed by atoms with van der Waals surface area (Å²) in [6.45, 7) is 9.62. The summed E-state index contributed by atoms with van der Waals surface area (Å²) in [6.07, 6.45) is 2.31. The summed E-state index contributed by atoms with van der Waals surface area (Å²) < 4.78 is 5.04. The van der Waals surface area contributed by atoms with Crippen LogP contribution >= 0.6 is 23.4 Å². The largest absolute Gasteiger partial charge is 0.462 e. The molecule has 0 saturated carbocycles. The van der Waals surface area contributed by atoms with Gasteiger partial charge in [-0.05, 0) is 81.1 Å². The monoisotopic (exact) mass is 450 g/mol. The molecule has 0 N–H and O–H groups in total. The van der Waals surface area contributed by atoms with E-state index in [4.69, 9.17) is 16.3 Å². The molecule has 0 radical (unpaired) electrons. The summed E-state index contributed by atoms with van der Waals surface area (Å²) in [5, 5.41) is 0.0207. The number of amides is 2. The average molecular weight is 451 g/mol. The SMILES string of the molecule is CC(C)OC(=O)CN1C(=O)S/C(=C/c2cc3c(cc2Cl)N(C)C(C)(C)CC3C)C1=O. The van der Waals surface area contributed by atoms with Crippen LogP contribution in [0.5, 0.6) is 0 Å². The molecule has 2 aliphatic heterocycles. The van der Waals surface area contributed by atoms with Gasteiger partial charge in [0.25, 0.3) is 11.1 Å². The van der Waals surface area contributed by atoms with Gasteiger partial charge >= 0.3 is 5.97 Å². The Balaban J connectivity index is 1.89. The lowest BCUT2D eigenvalue weighted by molar-refractivity contribution is -0.149. The molecule has 1 unspecified atom stereocenters. The molecule has 2 aliphatic rings. The van der Waals surface area contributed by atoms with Crippen molar-refractivity contribution in [2.24, 2.45) is 0 Å². The van der Waals surface area contributed by atoms with Crippen molar-refractivity contribution in [2.75, 3.05) is 18.5 Å². The predicted octanol–water partition coefficient (Wildman–Crippen LogP) is 5.05. The summed E-state index contributed by atoms with van der Waals surface area (Å²) in [6, 6.07) is 3.92. The number of imide groups is 1. The first kappa shape index (κ1) is 22.7. The van der Waals surface area contributed by atoms with Crippen molar-refractivity contribution in [1.29, 1.82) is 0 Å². The van der Waals surface area contributed by atoms with Crippen LogP contribution in [0.3, 0.4) is 0 Å². The topological polar surface area (TPSA) is 66.9 Å². The number of hydrogen-bond donors (Lipinski definition) is 0. The quantitative estimate of drug-likeness (QED) is 0.472. The van der Waals surface area contributed by atoms with E-state index in [1.807, 2.05) is 12.1 Å². The van der Waals surface area contributed by atoms with Crippen LogP contribution < -0.4 is 4.90 Å². The van der Waals surface area contributed by atoms with Crippen LogP contribution in [0.25, 0.3) is 6.08 Å². The van der Waals surface area contributed by atoms with Crippen molar-refractivity contribution in [2.45, 2.75) is 58.6 Å². The second-order valence-corrected chi connectivity index (χ2v) is 10.1. The molecule has 1 atom stereocenters. The Hall–Kier alpha value is -1.99. The van der Waals surface area contributed by atoms with Crippen LogP contribution in [0.2, 0.25) is 5.02 Å². The highest BCUT2D eigenvalue weighted by Gasteiger charge is 2.38. The standard InChI is InChI=1S/C22H27ClN2O4S/c1-12(2)29-19(26)11-25-20(27)18(30-21(25)28)8-14-7-15-13(3)10-22(4,5)24(6)17(15)9-16(14)23/h7-9,12-13H,10-11H2,1-6H3/b18-8+. The van der Waals surface area contributed by atoms with Crippen molar-refractivity contribution in [3.8, 4) is 0 Å². The molecule has 0 spiro atoms. The Morgan fingerprint density at radius 1 is 1.37 bits per heavy atom. The van der Waals surface area contributed by atoms with Gasteiger partial charge in [0.05, 0.1) is 11.0 Å². The summed E-state index contributed by atoms with van der Waals surface area (Å²) in [5.74, 6) is -0.790. The van der Waals surface area contributed by atoms with Crippen molar-refractivity contribution in [3.05, 3.63) is 33.2 Å². The number of halogens is 1. The molecule has 1 aromatic carbocycles. The van der Waals surface area contributed by atoms with Gasteiger partial charge in [0.1, 0.15) is 6.54 Å². The van der Waals surface area contributed by atoms with E-state index < -0.39 is 23.7 Å². The number of hydrogen-bond acceptors (Lipinski definition) is 6. The molecule has 1 saturated heterocycles. The van der Waals surface area contributed by atoms with Gasteiger partial charge < -0.3 is 9.64 Å². The van der Waals surface area contributed by atoms with E-state index >= 15 is 0 Å². The van der Waals surface area contributed by atoms with Gasteiger partial charge in [0.2, 0.25) is 0 Å². The first-order valence-corrected chi connectivity index (χ1v) is 11.1. The maximum absolute atomic E-state index is 12.7. The van der Waals surface area contributed by atoms with Gasteiger partial charge in [-0.3, -0.25) is 19.3 Å². The van der Waals surface area contributed by atoms with Crippen molar-refractivity contribution in [1.82, 2.24) is 4.90 Å². The van der Waals surface area contributed by atoms with Crippen LogP contribution in [0.15, 0.2) is 17.0 Å². The summed E-state index contributed by atoms with van der Waals surface area (Å²) in [4.78, 5) is 40.2. The Kier molecular flexibility index (Phi) is 6.25. The third-order valence-electron chi connectivity index (χ3n) is 5.57. The van der Waals surface area contributed by atoms with E-state index in [2.05, 4.69) is 32.7 Å². The molecule has 1 fully saturated rings. The fourth-order valence-corrected chi connectivity index (χ4v) is 4.96. The molecule has 0 bridgehead atoms. The molecule has 30 heavy (non-hydrogen) atoms. The van der Waals surface area contributed by atoms with Gasteiger partial charge in [-0.25, -0.2) is 0 Å². The highest BCUT2D eigenvalue weighted by Crippen LogP contribution is 2.45. The third kappa shape index (κ3) is 4.37. The van der Waals surface area contributed by atoms with Crippen LogP contribution in [0.1, 0.15) is 58.1 Å². The van der Waals surface area contributed by atoms with Gasteiger partial charge in [0.15, 0.2) is 0 Å². The number of rotatable bonds is 4. The Labute approximate surface area is 186 Å². The van der Waals surface area contributed by atoms with E-state index in [0.717, 1.165) is 34.3 Å². The summed E-state index contributed by atoms with van der Waals surface area (Å²) >= 11 is 7.35. The van der Waals surface area contributed by atoms with Gasteiger partial charge in [-0.1, -0.05) is 18.5 Å². The zero-order valence-electron chi connectivity index (χ0n) is 18.1. The lowest BCUT2D eigenvalue weighted by atomic mass is 9.80. The molecule has 1 aromatic rings. The van der Waals surface area contributed by atoms with E-state index in [9.17, 15) is 14.4 Å². The van der Waals surface area contributed by atoms with Crippen molar-refractivity contribution >= 4 is 52.2 Å². The maximum Gasteiger partial charge on any atom is 0.326 e. The highest BCUT2D eigenvalue weighted by molar-refractivity contribution is 8.18. The summed E-state index contributed by atoms with van der Waals surface area (Å²) in [5.41, 5.74) is 2.94. The van der Waals surface area contributed by atoms with E-state index in [1.165, 1.54) is 0 Å². The van der Waals surface area contributed by atoms with Crippen LogP contribution in [-0.2, 0) is 14.3 Å². The van der Waals surface area contributed by atoms with Gasteiger partial charge in [-0.2, -0.15) is 0 Å². The van der Waals surface area contributed by atoms with Gasteiger partial charge in [-0.15, -0.1) is 0 Å². The molecule has 2 heterocycles. The smallest absolute Gasteiger partial charge is 0.326 e. The van der Waals surface area contributed by atoms with Crippen LogP contribution in [-0.4, -0.2) is 47.3 Å². The normalized spacial score (nSPS) is 22.1. The Morgan fingerprint density at radius 3 is 2.67 bits per heavy atom. The summed E-state index contributed by atoms with van der Waals surface area (Å²) in [7, 11) is 2.06. The second-order valence-electron chi connectivity index (χ2n) is 8.72. The Bertz CT molecular complexity index is 941. The lowest BCUT2D eigenvalue weighted by Crippen LogP contribution is -2.45. The molecular weight excluding hydrogens is 424 g/mol. The van der Waals surface area contributed by atoms with Crippen molar-refractivity contribution < 1.29 is 19.1 Å². The fourth-order valence-electron chi connectivity index (χ4n) is 3.92. The molecular formula is C22H27ClN2O4S. The zero-order chi connectivity index (χ0) is 22.4. The zero-order valence-corrected chi connectivity index (χ0v) is 19.7. The molecule has 0 aromatic heterocycles. The van der Waals surface area contributed by atoms with E-state index in [1.54, 1.807) is 19.9 Å². The van der Waals surface area contributed by atoms with E-state index in [-0.39, 0.29) is 16.5 Å². The third-order valence-corrected chi connectivity index (χ3v) is 6.80. The number of thioether (sulfide) groups is 1. The lowest BCUT2D eigenvalue weighted by Gasteiger charge is -2.45. The minimum Gasteiger partial charge on any atom is -0.462 e. The maximum atomic E-state index is 12.7. The number of esters is 1. The molecule has 6 nitrogen and oxygen atoms in total. The molecule has 3 rings (SSSR count). The number of carbonyl (C=O) groups is 3. The molecule has 8 heteroatoms. The number of ether oxygens (including phenoxy) is 1. The van der Waals surface area contributed by atoms with Crippen LogP contribution in [0, 0.1) is 0 Å². The van der Waals surface area contributed by atoms with E-state index in [0.29, 0.717) is 16.5 Å². The molecule has 162 valence electrons. The molecule has 0 aliphatic carbocycles. The minimum absolute atomic E-state index is 0.0184.